The van der Waals surface area contributed by atoms with Crippen LogP contribution in [0.4, 0.5) is 0 Å². The Morgan fingerprint density at radius 2 is 1.21 bits per heavy atom. The summed E-state index contributed by atoms with van der Waals surface area (Å²) in [5.74, 6) is 0. The molecule has 1 heterocycles. The van der Waals surface area contributed by atoms with Gasteiger partial charge in [-0.25, -0.2) is 0 Å². The Balaban J connectivity index is 1.66. The van der Waals surface area contributed by atoms with Crippen molar-refractivity contribution in [2.24, 2.45) is 0 Å². The van der Waals surface area contributed by atoms with E-state index in [0.29, 0.717) is 0 Å². The fraction of sp³-hybridized carbons (Fsp3) is 0.360. The molecule has 0 bridgehead atoms. The molecule has 0 spiro atoms. The van der Waals surface area contributed by atoms with Gasteiger partial charge in [0, 0.05) is 5.41 Å². The van der Waals surface area contributed by atoms with Crippen LogP contribution < -0.4 is 5.46 Å². The van der Waals surface area contributed by atoms with Crippen LogP contribution in [0.15, 0.2) is 54.6 Å². The van der Waals surface area contributed by atoms with Crippen molar-refractivity contribution < 1.29 is 9.31 Å². The number of fused-ring (bicyclic) bond motifs is 4. The van der Waals surface area contributed by atoms with Crippen molar-refractivity contribution >= 4 is 23.4 Å². The molecule has 1 aliphatic carbocycles. The molecular weight excluding hydrogens is 343 g/mol. The molecule has 0 amide bonds. The zero-order valence-electron chi connectivity index (χ0n) is 17.6. The van der Waals surface area contributed by atoms with Gasteiger partial charge in [0.2, 0.25) is 0 Å². The van der Waals surface area contributed by atoms with Crippen LogP contribution in [0.25, 0.3) is 21.9 Å². The second kappa shape index (κ2) is 5.49. The first kappa shape index (κ1) is 18.0. The van der Waals surface area contributed by atoms with Crippen molar-refractivity contribution in [3.8, 4) is 11.1 Å². The molecule has 3 aromatic carbocycles. The lowest BCUT2D eigenvalue weighted by Crippen LogP contribution is -2.41. The third kappa shape index (κ3) is 2.36. The van der Waals surface area contributed by atoms with Crippen LogP contribution in [-0.2, 0) is 14.7 Å². The van der Waals surface area contributed by atoms with Crippen LogP contribution in [0.2, 0.25) is 0 Å². The molecule has 0 unspecified atom stereocenters. The predicted octanol–water partition coefficient (Wildman–Crippen LogP) is 5.45. The smallest absolute Gasteiger partial charge is 0.399 e. The summed E-state index contributed by atoms with van der Waals surface area (Å²) in [6, 6.07) is 20.0. The molecule has 1 saturated heterocycles. The number of benzene rings is 3. The first-order valence-electron chi connectivity index (χ1n) is 10.1. The fourth-order valence-electron chi connectivity index (χ4n) is 4.58. The van der Waals surface area contributed by atoms with Gasteiger partial charge in [0.15, 0.2) is 0 Å². The third-order valence-corrected chi connectivity index (χ3v) is 7.09. The van der Waals surface area contributed by atoms with E-state index in [0.717, 1.165) is 5.46 Å². The largest absolute Gasteiger partial charge is 0.494 e. The van der Waals surface area contributed by atoms with E-state index in [1.165, 1.54) is 33.0 Å². The summed E-state index contributed by atoms with van der Waals surface area (Å²) in [5.41, 5.74) is 5.83. The van der Waals surface area contributed by atoms with E-state index >= 15 is 0 Å². The first-order chi connectivity index (χ1) is 13.1. The van der Waals surface area contributed by atoms with Crippen molar-refractivity contribution in [2.75, 3.05) is 0 Å². The highest BCUT2D eigenvalue weighted by molar-refractivity contribution is 6.62. The Bertz CT molecular complexity index is 1090. The number of hydrogen-bond donors (Lipinski definition) is 0. The molecule has 28 heavy (non-hydrogen) atoms. The molecule has 3 aromatic rings. The average molecular weight is 370 g/mol. The Morgan fingerprint density at radius 3 is 1.86 bits per heavy atom. The predicted molar refractivity (Wildman–Crippen MR) is 117 cm³/mol. The fourth-order valence-corrected chi connectivity index (χ4v) is 4.58. The van der Waals surface area contributed by atoms with E-state index < -0.39 is 0 Å². The van der Waals surface area contributed by atoms with Gasteiger partial charge >= 0.3 is 7.12 Å². The normalized spacial score (nSPS) is 21.0. The highest BCUT2D eigenvalue weighted by atomic mass is 16.7. The van der Waals surface area contributed by atoms with Crippen LogP contribution in [-0.4, -0.2) is 18.3 Å². The van der Waals surface area contributed by atoms with Gasteiger partial charge in [0.25, 0.3) is 0 Å². The van der Waals surface area contributed by atoms with Gasteiger partial charge in [0.1, 0.15) is 0 Å². The van der Waals surface area contributed by atoms with Crippen LogP contribution in [0.3, 0.4) is 0 Å². The zero-order chi connectivity index (χ0) is 19.9. The van der Waals surface area contributed by atoms with Crippen LogP contribution in [0.5, 0.6) is 0 Å². The maximum Gasteiger partial charge on any atom is 0.494 e. The van der Waals surface area contributed by atoms with E-state index in [2.05, 4.69) is 96.1 Å². The maximum absolute atomic E-state index is 6.30. The second-order valence-corrected chi connectivity index (χ2v) is 9.76. The molecule has 142 valence electrons. The first-order valence-corrected chi connectivity index (χ1v) is 10.1. The summed E-state index contributed by atoms with van der Waals surface area (Å²) in [5, 5.41) is 2.58. The summed E-state index contributed by atoms with van der Waals surface area (Å²) in [6.45, 7) is 13.0. The molecule has 3 heteroatoms. The van der Waals surface area contributed by atoms with E-state index in [9.17, 15) is 0 Å². The molecule has 0 aromatic heterocycles. The van der Waals surface area contributed by atoms with Crippen LogP contribution >= 0.6 is 0 Å². The summed E-state index contributed by atoms with van der Waals surface area (Å²) in [4.78, 5) is 0. The topological polar surface area (TPSA) is 18.5 Å². The molecule has 2 nitrogen and oxygen atoms in total. The summed E-state index contributed by atoms with van der Waals surface area (Å²) >= 11 is 0. The van der Waals surface area contributed by atoms with Crippen molar-refractivity contribution in [2.45, 2.75) is 58.2 Å². The van der Waals surface area contributed by atoms with Gasteiger partial charge in [-0.1, -0.05) is 56.3 Å². The summed E-state index contributed by atoms with van der Waals surface area (Å²) in [7, 11) is -0.331. The highest BCUT2D eigenvalue weighted by Gasteiger charge is 2.52. The molecule has 0 radical (unpaired) electrons. The molecule has 0 N–H and O–H groups in total. The lowest BCUT2D eigenvalue weighted by Gasteiger charge is -2.32. The van der Waals surface area contributed by atoms with Gasteiger partial charge < -0.3 is 9.31 Å². The lowest BCUT2D eigenvalue weighted by molar-refractivity contribution is 0.00578. The Hall–Kier alpha value is -2.10. The monoisotopic (exact) mass is 370 g/mol. The SMILES string of the molecule is CC1(C)c2ccc(B3OC(C)(C)C(C)(C)O3)cc2-c2cc3ccccc3cc21. The summed E-state index contributed by atoms with van der Waals surface area (Å²) < 4.78 is 12.6. The van der Waals surface area contributed by atoms with E-state index in [-0.39, 0.29) is 23.7 Å². The number of rotatable bonds is 1. The molecule has 1 aliphatic heterocycles. The molecule has 5 rings (SSSR count). The van der Waals surface area contributed by atoms with Gasteiger partial charge in [-0.2, -0.15) is 0 Å². The Morgan fingerprint density at radius 1 is 0.643 bits per heavy atom. The number of hydrogen-bond acceptors (Lipinski definition) is 2. The standard InChI is InChI=1S/C25H27BO2/c1-23(2)21-12-11-18(26-27-24(3,4)25(5,6)28-26)15-20(21)19-13-16-9-7-8-10-17(16)14-22(19)23/h7-15H,1-6H3. The van der Waals surface area contributed by atoms with E-state index in [1.54, 1.807) is 0 Å². The molecule has 0 atom stereocenters. The minimum Gasteiger partial charge on any atom is -0.399 e. The van der Waals surface area contributed by atoms with Gasteiger partial charge in [-0.05, 0) is 78.3 Å². The van der Waals surface area contributed by atoms with Crippen molar-refractivity contribution in [3.05, 3.63) is 65.7 Å². The van der Waals surface area contributed by atoms with Gasteiger partial charge in [-0.3, -0.25) is 0 Å². The second-order valence-electron chi connectivity index (χ2n) is 9.76. The Kier molecular flexibility index (Phi) is 3.52. The quantitative estimate of drug-likeness (QED) is 0.531. The lowest BCUT2D eigenvalue weighted by atomic mass is 9.76. The minimum absolute atomic E-state index is 0.0108. The average Bonchev–Trinajstić information content (AvgIpc) is 2.99. The van der Waals surface area contributed by atoms with Crippen molar-refractivity contribution in [1.82, 2.24) is 0 Å². The molecule has 1 fully saturated rings. The van der Waals surface area contributed by atoms with Gasteiger partial charge in [0.05, 0.1) is 11.2 Å². The van der Waals surface area contributed by atoms with E-state index in [1.807, 2.05) is 0 Å². The zero-order valence-corrected chi connectivity index (χ0v) is 17.6. The highest BCUT2D eigenvalue weighted by Crippen LogP contribution is 2.49. The molecule has 2 aliphatic rings. The Labute approximate surface area is 168 Å². The van der Waals surface area contributed by atoms with E-state index in [4.69, 9.17) is 9.31 Å². The third-order valence-electron chi connectivity index (χ3n) is 7.09. The molecule has 0 saturated carbocycles. The molecular formula is C25H27BO2. The summed E-state index contributed by atoms with van der Waals surface area (Å²) in [6.07, 6.45) is 0. The van der Waals surface area contributed by atoms with Crippen LogP contribution in [0, 0.1) is 0 Å². The van der Waals surface area contributed by atoms with Gasteiger partial charge in [-0.15, -0.1) is 0 Å². The van der Waals surface area contributed by atoms with Crippen molar-refractivity contribution in [1.29, 1.82) is 0 Å². The van der Waals surface area contributed by atoms with Crippen molar-refractivity contribution in [3.63, 3.8) is 0 Å². The van der Waals surface area contributed by atoms with Crippen LogP contribution in [0.1, 0.15) is 52.7 Å². The minimum atomic E-state index is -0.331. The maximum atomic E-state index is 6.30.